The van der Waals surface area contributed by atoms with Gasteiger partial charge in [-0.25, -0.2) is 14.4 Å². The van der Waals surface area contributed by atoms with Gasteiger partial charge < -0.3 is 19.9 Å². The number of aryl methyl sites for hydroxylation is 2. The summed E-state index contributed by atoms with van der Waals surface area (Å²) in [6.45, 7) is 6.25. The van der Waals surface area contributed by atoms with Crippen LogP contribution in [0.5, 0.6) is 0 Å². The molecule has 1 aliphatic rings. The average Bonchev–Trinajstić information content (AvgIpc) is 3.41. The quantitative estimate of drug-likeness (QED) is 0.486. The SMILES string of the molecule is CCn1cc2c(N3CCC(NC)CC3)ncc(C(=O)Nc3cc(F)c4nc(C)cn4c3)c2n1. The molecule has 1 aliphatic heterocycles. The van der Waals surface area contributed by atoms with Gasteiger partial charge in [-0.15, -0.1) is 0 Å². The van der Waals surface area contributed by atoms with Crippen molar-refractivity contribution in [1.29, 1.82) is 0 Å². The Morgan fingerprint density at radius 3 is 2.76 bits per heavy atom. The van der Waals surface area contributed by atoms with Crippen molar-refractivity contribution in [3.8, 4) is 0 Å². The molecule has 9 nitrogen and oxygen atoms in total. The van der Waals surface area contributed by atoms with E-state index < -0.39 is 5.82 Å². The summed E-state index contributed by atoms with van der Waals surface area (Å²) in [6.07, 6.45) is 8.94. The topological polar surface area (TPSA) is 92.4 Å². The molecule has 5 heterocycles. The first-order chi connectivity index (χ1) is 16.0. The molecule has 5 rings (SSSR count). The number of hydrogen-bond donors (Lipinski definition) is 2. The lowest BCUT2D eigenvalue weighted by Gasteiger charge is -2.33. The number of nitrogens with zero attached hydrogens (tertiary/aromatic N) is 6. The van der Waals surface area contributed by atoms with Gasteiger partial charge in [0.1, 0.15) is 11.3 Å². The summed E-state index contributed by atoms with van der Waals surface area (Å²) < 4.78 is 17.8. The monoisotopic (exact) mass is 450 g/mol. The molecule has 0 aromatic carbocycles. The minimum absolute atomic E-state index is 0.225. The normalized spacial score (nSPS) is 15.0. The number of aromatic nitrogens is 5. The van der Waals surface area contributed by atoms with Gasteiger partial charge in [-0.3, -0.25) is 9.48 Å². The molecule has 33 heavy (non-hydrogen) atoms. The van der Waals surface area contributed by atoms with Gasteiger partial charge in [-0.2, -0.15) is 5.10 Å². The summed E-state index contributed by atoms with van der Waals surface area (Å²) in [5.41, 5.74) is 2.21. The fourth-order valence-electron chi connectivity index (χ4n) is 4.45. The van der Waals surface area contributed by atoms with Crippen LogP contribution >= 0.6 is 0 Å². The lowest BCUT2D eigenvalue weighted by atomic mass is 10.0. The number of piperidine rings is 1. The Hall–Kier alpha value is -3.53. The smallest absolute Gasteiger partial charge is 0.259 e. The van der Waals surface area contributed by atoms with Crippen molar-refractivity contribution >= 4 is 34.0 Å². The fraction of sp³-hybridized carbons (Fsp3) is 0.391. The second kappa shape index (κ2) is 8.43. The Kier molecular flexibility index (Phi) is 5.45. The van der Waals surface area contributed by atoms with Crippen LogP contribution in [-0.4, -0.2) is 56.2 Å². The number of nitrogens with one attached hydrogen (secondary N) is 2. The Morgan fingerprint density at radius 1 is 1.24 bits per heavy atom. The largest absolute Gasteiger partial charge is 0.356 e. The number of imidazole rings is 1. The van der Waals surface area contributed by atoms with Crippen molar-refractivity contribution < 1.29 is 9.18 Å². The van der Waals surface area contributed by atoms with Gasteiger partial charge in [0.15, 0.2) is 11.5 Å². The summed E-state index contributed by atoms with van der Waals surface area (Å²) in [5.74, 6) is -0.0400. The molecule has 0 saturated carbocycles. The lowest BCUT2D eigenvalue weighted by Crippen LogP contribution is -2.41. The van der Waals surface area contributed by atoms with E-state index in [1.165, 1.54) is 6.07 Å². The summed E-state index contributed by atoms with van der Waals surface area (Å²) in [4.78, 5) is 24.2. The Morgan fingerprint density at radius 2 is 2.03 bits per heavy atom. The first-order valence-corrected chi connectivity index (χ1v) is 11.2. The van der Waals surface area contributed by atoms with Crippen LogP contribution in [0.4, 0.5) is 15.9 Å². The number of carbonyl (C=O) groups is 1. The van der Waals surface area contributed by atoms with E-state index in [9.17, 15) is 9.18 Å². The molecular formula is C23H27FN8O. The van der Waals surface area contributed by atoms with E-state index in [0.717, 1.165) is 37.1 Å². The first-order valence-electron chi connectivity index (χ1n) is 11.2. The first kappa shape index (κ1) is 21.3. The third-order valence-electron chi connectivity index (χ3n) is 6.23. The highest BCUT2D eigenvalue weighted by Gasteiger charge is 2.24. The molecule has 0 bridgehead atoms. The molecule has 0 radical (unpaired) electrons. The molecule has 2 N–H and O–H groups in total. The maximum Gasteiger partial charge on any atom is 0.259 e. The third kappa shape index (κ3) is 3.91. The van der Waals surface area contributed by atoms with Crippen molar-refractivity contribution in [2.75, 3.05) is 30.4 Å². The second-order valence-corrected chi connectivity index (χ2v) is 8.44. The highest BCUT2D eigenvalue weighted by molar-refractivity contribution is 6.13. The highest BCUT2D eigenvalue weighted by atomic mass is 19.1. The molecule has 0 atom stereocenters. The summed E-state index contributed by atoms with van der Waals surface area (Å²) in [6, 6.07) is 1.78. The van der Waals surface area contributed by atoms with Gasteiger partial charge in [0.25, 0.3) is 5.91 Å². The Balaban J connectivity index is 1.48. The predicted octanol–water partition coefficient (Wildman–Crippen LogP) is 2.99. The van der Waals surface area contributed by atoms with E-state index in [2.05, 4.69) is 30.6 Å². The molecule has 1 amide bonds. The molecule has 1 saturated heterocycles. The molecule has 0 unspecified atom stereocenters. The van der Waals surface area contributed by atoms with E-state index in [4.69, 9.17) is 0 Å². The van der Waals surface area contributed by atoms with E-state index >= 15 is 0 Å². The van der Waals surface area contributed by atoms with E-state index in [0.29, 0.717) is 35.0 Å². The van der Waals surface area contributed by atoms with Gasteiger partial charge in [0, 0.05) is 56.5 Å². The standard InChI is InChI=1S/C23H27FN8O/c1-4-32-13-18-20(29-32)17(10-26-21(18)30-7-5-15(25-3)6-8-30)23(33)28-16-9-19(24)22-27-14(2)11-31(22)12-16/h9-13,15,25H,4-8H2,1-3H3,(H,28,33). The van der Waals surface area contributed by atoms with Crippen LogP contribution in [0.15, 0.2) is 30.9 Å². The van der Waals surface area contributed by atoms with Crippen molar-refractivity contribution in [3.05, 3.63) is 47.9 Å². The molecule has 1 fully saturated rings. The zero-order valence-electron chi connectivity index (χ0n) is 19.0. The number of pyridine rings is 2. The number of fused-ring (bicyclic) bond motifs is 2. The number of rotatable bonds is 5. The van der Waals surface area contributed by atoms with Gasteiger partial charge in [-0.05, 0) is 33.7 Å². The summed E-state index contributed by atoms with van der Waals surface area (Å²) in [5, 5.41) is 11.6. The zero-order chi connectivity index (χ0) is 23.1. The molecule has 172 valence electrons. The fourth-order valence-corrected chi connectivity index (χ4v) is 4.45. The van der Waals surface area contributed by atoms with Crippen LogP contribution in [0, 0.1) is 12.7 Å². The summed E-state index contributed by atoms with van der Waals surface area (Å²) in [7, 11) is 1.99. The maximum atomic E-state index is 14.5. The van der Waals surface area contributed by atoms with E-state index in [1.807, 2.05) is 24.9 Å². The van der Waals surface area contributed by atoms with Crippen LogP contribution in [0.25, 0.3) is 16.6 Å². The number of hydrogen-bond acceptors (Lipinski definition) is 6. The van der Waals surface area contributed by atoms with Crippen LogP contribution in [0.3, 0.4) is 0 Å². The lowest BCUT2D eigenvalue weighted by molar-refractivity contribution is 0.102. The number of anilines is 2. The number of amides is 1. The van der Waals surface area contributed by atoms with Gasteiger partial charge >= 0.3 is 0 Å². The average molecular weight is 451 g/mol. The van der Waals surface area contributed by atoms with Gasteiger partial charge in [-0.1, -0.05) is 0 Å². The molecule has 4 aromatic heterocycles. The number of carbonyl (C=O) groups excluding carboxylic acids is 1. The minimum atomic E-state index is -0.500. The highest BCUT2D eigenvalue weighted by Crippen LogP contribution is 2.29. The predicted molar refractivity (Wildman–Crippen MR) is 125 cm³/mol. The van der Waals surface area contributed by atoms with Gasteiger partial charge in [0.2, 0.25) is 0 Å². The number of halogens is 1. The van der Waals surface area contributed by atoms with Crippen molar-refractivity contribution in [3.63, 3.8) is 0 Å². The molecule has 10 heteroatoms. The van der Waals surface area contributed by atoms with Crippen LogP contribution in [0.1, 0.15) is 35.8 Å². The van der Waals surface area contributed by atoms with Crippen molar-refractivity contribution in [2.45, 2.75) is 39.3 Å². The van der Waals surface area contributed by atoms with E-state index in [1.54, 1.807) is 29.9 Å². The van der Waals surface area contributed by atoms with Crippen molar-refractivity contribution in [1.82, 2.24) is 29.5 Å². The Labute approximate surface area is 190 Å². The molecule has 4 aromatic rings. The zero-order valence-corrected chi connectivity index (χ0v) is 19.0. The summed E-state index contributed by atoms with van der Waals surface area (Å²) >= 11 is 0. The van der Waals surface area contributed by atoms with Gasteiger partial charge in [0.05, 0.1) is 22.3 Å². The second-order valence-electron chi connectivity index (χ2n) is 8.44. The minimum Gasteiger partial charge on any atom is -0.356 e. The Bertz CT molecular complexity index is 1340. The van der Waals surface area contributed by atoms with E-state index in [-0.39, 0.29) is 11.6 Å². The van der Waals surface area contributed by atoms with Crippen LogP contribution < -0.4 is 15.5 Å². The molecule has 0 aliphatic carbocycles. The molecular weight excluding hydrogens is 423 g/mol. The maximum absolute atomic E-state index is 14.5. The third-order valence-corrected chi connectivity index (χ3v) is 6.23. The van der Waals surface area contributed by atoms with Crippen LogP contribution in [0.2, 0.25) is 0 Å². The molecule has 0 spiro atoms. The van der Waals surface area contributed by atoms with Crippen LogP contribution in [-0.2, 0) is 6.54 Å². The van der Waals surface area contributed by atoms with Crippen molar-refractivity contribution in [2.24, 2.45) is 0 Å².